The zero-order valence-electron chi connectivity index (χ0n) is 14.0. The summed E-state index contributed by atoms with van der Waals surface area (Å²) in [4.78, 5) is 24.7. The first-order valence-electron chi connectivity index (χ1n) is 8.28. The number of hydrogen-bond acceptors (Lipinski definition) is 3. The molecule has 0 aliphatic carbocycles. The van der Waals surface area contributed by atoms with Gasteiger partial charge in [0, 0.05) is 23.7 Å². The quantitative estimate of drug-likeness (QED) is 0.862. The van der Waals surface area contributed by atoms with E-state index in [4.69, 9.17) is 11.6 Å². The Bertz CT molecular complexity index is 759. The monoisotopic (exact) mass is 357 g/mol. The molecule has 1 saturated heterocycles. The van der Waals surface area contributed by atoms with Crippen LogP contribution in [0.15, 0.2) is 48.5 Å². The summed E-state index contributed by atoms with van der Waals surface area (Å²) in [7, 11) is 0. The van der Waals surface area contributed by atoms with E-state index in [0.29, 0.717) is 17.3 Å². The molecule has 2 N–H and O–H groups in total. The molecule has 0 aromatic heterocycles. The number of aryl methyl sites for hydroxylation is 1. The lowest BCUT2D eigenvalue weighted by Crippen LogP contribution is -2.34. The highest BCUT2D eigenvalue weighted by molar-refractivity contribution is 6.30. The summed E-state index contributed by atoms with van der Waals surface area (Å²) < 4.78 is 0. The van der Waals surface area contributed by atoms with Crippen molar-refractivity contribution in [2.75, 3.05) is 16.9 Å². The summed E-state index contributed by atoms with van der Waals surface area (Å²) in [5.74, 6) is -0.660. The lowest BCUT2D eigenvalue weighted by atomic mass is 10.1. The molecule has 1 atom stereocenters. The fourth-order valence-corrected chi connectivity index (χ4v) is 2.90. The summed E-state index contributed by atoms with van der Waals surface area (Å²) in [6.07, 6.45) is 1.10. The number of halogens is 1. The number of benzene rings is 2. The number of amides is 2. The lowest BCUT2D eigenvalue weighted by Gasteiger charge is -2.16. The molecule has 130 valence electrons. The van der Waals surface area contributed by atoms with Gasteiger partial charge in [0.05, 0.1) is 11.6 Å². The van der Waals surface area contributed by atoms with Crippen LogP contribution in [0.4, 0.5) is 11.4 Å². The molecule has 5 nitrogen and oxygen atoms in total. The third-order valence-electron chi connectivity index (χ3n) is 4.23. The molecule has 2 amide bonds. The predicted molar refractivity (Wildman–Crippen MR) is 99.5 cm³/mol. The van der Waals surface area contributed by atoms with E-state index >= 15 is 0 Å². The van der Waals surface area contributed by atoms with Crippen LogP contribution in [0.25, 0.3) is 0 Å². The number of carbonyl (C=O) groups excluding carboxylic acids is 2. The molecule has 2 aromatic rings. The SMILES string of the molecule is CCc1ccc(NC(=O)CC2CNN(c3ccc(Cl)cc3)C2=O)cc1. The average molecular weight is 358 g/mol. The summed E-state index contributed by atoms with van der Waals surface area (Å²) in [6, 6.07) is 14.7. The van der Waals surface area contributed by atoms with Crippen LogP contribution in [0.3, 0.4) is 0 Å². The number of nitrogens with one attached hydrogen (secondary N) is 2. The van der Waals surface area contributed by atoms with Gasteiger partial charge >= 0.3 is 0 Å². The van der Waals surface area contributed by atoms with Crippen LogP contribution in [-0.4, -0.2) is 18.4 Å². The van der Waals surface area contributed by atoms with Crippen molar-refractivity contribution in [3.05, 3.63) is 59.1 Å². The molecule has 1 heterocycles. The van der Waals surface area contributed by atoms with Crippen LogP contribution >= 0.6 is 11.6 Å². The standard InChI is InChI=1S/C19H20ClN3O2/c1-2-13-3-7-16(8-4-13)22-18(24)11-14-12-21-23(19(14)25)17-9-5-15(20)6-10-17/h3-10,14,21H,2,11-12H2,1H3,(H,22,24). The van der Waals surface area contributed by atoms with Crippen LogP contribution < -0.4 is 15.8 Å². The van der Waals surface area contributed by atoms with Crippen molar-refractivity contribution in [1.82, 2.24) is 5.43 Å². The van der Waals surface area contributed by atoms with Gasteiger partial charge in [-0.2, -0.15) is 0 Å². The molecule has 25 heavy (non-hydrogen) atoms. The highest BCUT2D eigenvalue weighted by Gasteiger charge is 2.33. The Morgan fingerprint density at radius 3 is 2.52 bits per heavy atom. The van der Waals surface area contributed by atoms with Crippen LogP contribution in [0.2, 0.25) is 5.02 Å². The van der Waals surface area contributed by atoms with Gasteiger partial charge in [0.2, 0.25) is 11.8 Å². The van der Waals surface area contributed by atoms with E-state index in [-0.39, 0.29) is 24.2 Å². The van der Waals surface area contributed by atoms with E-state index in [0.717, 1.165) is 12.1 Å². The van der Waals surface area contributed by atoms with Crippen molar-refractivity contribution >= 4 is 34.8 Å². The van der Waals surface area contributed by atoms with Gasteiger partial charge in [0.1, 0.15) is 0 Å². The third kappa shape index (κ3) is 4.18. The number of rotatable bonds is 5. The zero-order valence-corrected chi connectivity index (χ0v) is 14.7. The van der Waals surface area contributed by atoms with E-state index in [1.807, 2.05) is 24.3 Å². The van der Waals surface area contributed by atoms with Gasteiger partial charge in [-0.25, -0.2) is 10.4 Å². The van der Waals surface area contributed by atoms with Crippen molar-refractivity contribution < 1.29 is 9.59 Å². The molecule has 1 unspecified atom stereocenters. The molecule has 0 bridgehead atoms. The van der Waals surface area contributed by atoms with Crippen molar-refractivity contribution in [3.8, 4) is 0 Å². The first kappa shape index (κ1) is 17.5. The summed E-state index contributed by atoms with van der Waals surface area (Å²) in [5, 5.41) is 4.94. The molecule has 0 saturated carbocycles. The fourth-order valence-electron chi connectivity index (χ4n) is 2.78. The van der Waals surface area contributed by atoms with Crippen LogP contribution in [0, 0.1) is 5.92 Å². The van der Waals surface area contributed by atoms with Crippen LogP contribution in [-0.2, 0) is 16.0 Å². The van der Waals surface area contributed by atoms with Crippen LogP contribution in [0.1, 0.15) is 18.9 Å². The van der Waals surface area contributed by atoms with Gasteiger partial charge in [-0.3, -0.25) is 9.59 Å². The van der Waals surface area contributed by atoms with Gasteiger partial charge in [0.25, 0.3) is 0 Å². The van der Waals surface area contributed by atoms with E-state index in [1.165, 1.54) is 10.6 Å². The molecule has 6 heteroatoms. The van der Waals surface area contributed by atoms with Gasteiger partial charge in [0.15, 0.2) is 0 Å². The molecular weight excluding hydrogens is 338 g/mol. The van der Waals surface area contributed by atoms with Gasteiger partial charge < -0.3 is 5.32 Å². The minimum atomic E-state index is -0.384. The Morgan fingerprint density at radius 1 is 1.20 bits per heavy atom. The maximum Gasteiger partial charge on any atom is 0.246 e. The average Bonchev–Trinajstić information content (AvgIpc) is 2.97. The molecule has 1 aliphatic heterocycles. The number of anilines is 2. The molecular formula is C19H20ClN3O2. The maximum absolute atomic E-state index is 12.5. The summed E-state index contributed by atoms with van der Waals surface area (Å²) in [6.45, 7) is 2.52. The third-order valence-corrected chi connectivity index (χ3v) is 4.48. The van der Waals surface area contributed by atoms with Gasteiger partial charge in [-0.15, -0.1) is 0 Å². The molecule has 1 aliphatic rings. The van der Waals surface area contributed by atoms with E-state index < -0.39 is 0 Å². The first-order chi connectivity index (χ1) is 12.1. The first-order valence-corrected chi connectivity index (χ1v) is 8.66. The molecule has 3 rings (SSSR count). The largest absolute Gasteiger partial charge is 0.326 e. The Balaban J connectivity index is 1.58. The molecule has 2 aromatic carbocycles. The van der Waals surface area contributed by atoms with Crippen molar-refractivity contribution in [1.29, 1.82) is 0 Å². The maximum atomic E-state index is 12.5. The highest BCUT2D eigenvalue weighted by atomic mass is 35.5. The zero-order chi connectivity index (χ0) is 17.8. The van der Waals surface area contributed by atoms with Gasteiger partial charge in [-0.1, -0.05) is 30.7 Å². The highest BCUT2D eigenvalue weighted by Crippen LogP contribution is 2.23. The lowest BCUT2D eigenvalue weighted by molar-refractivity contribution is -0.124. The Labute approximate surface area is 151 Å². The second-order valence-corrected chi connectivity index (χ2v) is 6.45. The number of hydrazine groups is 1. The van der Waals surface area contributed by atoms with Gasteiger partial charge in [-0.05, 0) is 48.4 Å². The predicted octanol–water partition coefficient (Wildman–Crippen LogP) is 3.40. The fraction of sp³-hybridized carbons (Fsp3) is 0.263. The second kappa shape index (κ2) is 7.68. The second-order valence-electron chi connectivity index (χ2n) is 6.01. The van der Waals surface area contributed by atoms with E-state index in [2.05, 4.69) is 17.7 Å². The molecule has 1 fully saturated rings. The Kier molecular flexibility index (Phi) is 5.36. The minimum absolute atomic E-state index is 0.112. The van der Waals surface area contributed by atoms with Crippen molar-refractivity contribution in [2.45, 2.75) is 19.8 Å². The molecule has 0 radical (unpaired) electrons. The normalized spacial score (nSPS) is 17.0. The smallest absolute Gasteiger partial charge is 0.246 e. The summed E-state index contributed by atoms with van der Waals surface area (Å²) >= 11 is 5.87. The Hall–Kier alpha value is -2.37. The topological polar surface area (TPSA) is 61.4 Å². The van der Waals surface area contributed by atoms with Crippen molar-refractivity contribution in [3.63, 3.8) is 0 Å². The number of carbonyl (C=O) groups is 2. The van der Waals surface area contributed by atoms with E-state index in [9.17, 15) is 9.59 Å². The number of hydrogen-bond donors (Lipinski definition) is 2. The molecule has 0 spiro atoms. The van der Waals surface area contributed by atoms with Crippen molar-refractivity contribution in [2.24, 2.45) is 5.92 Å². The summed E-state index contributed by atoms with van der Waals surface area (Å²) in [5.41, 5.74) is 5.71. The minimum Gasteiger partial charge on any atom is -0.326 e. The van der Waals surface area contributed by atoms with E-state index in [1.54, 1.807) is 24.3 Å². The number of nitrogens with zero attached hydrogens (tertiary/aromatic N) is 1. The van der Waals surface area contributed by atoms with Crippen LogP contribution in [0.5, 0.6) is 0 Å². The Morgan fingerprint density at radius 2 is 1.88 bits per heavy atom.